The third-order valence-electron chi connectivity index (χ3n) is 5.57. The maximum absolute atomic E-state index is 13.7. The number of hydrogen-bond acceptors (Lipinski definition) is 5. The van der Waals surface area contributed by atoms with Crippen LogP contribution in [-0.2, 0) is 11.3 Å². The smallest absolute Gasteiger partial charge is 0.260 e. The molecule has 0 atom stereocenters. The quantitative estimate of drug-likeness (QED) is 0.417. The molecule has 0 saturated heterocycles. The van der Waals surface area contributed by atoms with E-state index in [1.807, 2.05) is 65.2 Å². The molecule has 1 amide bonds. The van der Waals surface area contributed by atoms with Gasteiger partial charge in [-0.15, -0.1) is 6.42 Å². The zero-order valence-electron chi connectivity index (χ0n) is 18.1. The van der Waals surface area contributed by atoms with E-state index in [-0.39, 0.29) is 12.5 Å². The van der Waals surface area contributed by atoms with Crippen LogP contribution in [-0.4, -0.2) is 24.7 Å². The predicted octanol–water partition coefficient (Wildman–Crippen LogP) is 4.72. The van der Waals surface area contributed by atoms with Crippen LogP contribution in [0.2, 0.25) is 0 Å². The highest BCUT2D eigenvalue weighted by Gasteiger charge is 2.32. The lowest BCUT2D eigenvalue weighted by Crippen LogP contribution is -2.22. The number of thiazole rings is 1. The topological polar surface area (TPSA) is 62.1 Å². The molecule has 5 rings (SSSR count). The third kappa shape index (κ3) is 3.45. The maximum Gasteiger partial charge on any atom is 0.260 e. The van der Waals surface area contributed by atoms with E-state index < -0.39 is 5.92 Å². The van der Waals surface area contributed by atoms with Gasteiger partial charge in [0, 0.05) is 11.1 Å². The molecule has 3 aromatic carbocycles. The van der Waals surface area contributed by atoms with Crippen LogP contribution in [0.4, 0.5) is 0 Å². The number of hydrogen-bond donors (Lipinski definition) is 0. The number of aromatic nitrogens is 1. The molecule has 6 nitrogen and oxygen atoms in total. The van der Waals surface area contributed by atoms with Gasteiger partial charge >= 0.3 is 0 Å². The summed E-state index contributed by atoms with van der Waals surface area (Å²) in [4.78, 5) is 18.7. The number of amides is 1. The minimum absolute atomic E-state index is 0.233. The van der Waals surface area contributed by atoms with Gasteiger partial charge < -0.3 is 18.8 Å². The Bertz CT molecular complexity index is 1450. The van der Waals surface area contributed by atoms with Crippen molar-refractivity contribution in [2.75, 3.05) is 14.2 Å². The van der Waals surface area contributed by atoms with Crippen molar-refractivity contribution in [1.29, 1.82) is 0 Å². The number of ether oxygens (including phenoxy) is 3. The molecule has 0 fully saturated rings. The molecule has 1 aliphatic heterocycles. The Morgan fingerprint density at radius 2 is 1.64 bits per heavy atom. The van der Waals surface area contributed by atoms with Gasteiger partial charge in [-0.3, -0.25) is 4.79 Å². The van der Waals surface area contributed by atoms with Crippen LogP contribution < -0.4 is 19.0 Å². The molecular weight excluding hydrogens is 436 g/mol. The van der Waals surface area contributed by atoms with Crippen molar-refractivity contribution >= 4 is 27.5 Å². The minimum Gasteiger partial charge on any atom is -0.495 e. The standard InChI is InChI=1S/C26H20N2O4S/c1-4-15-28-23-20(30-2)13-14-21(31-3)24(23)33-26(28)27-25(29)22-16-9-5-7-11-18(16)32-19-12-8-6-10-17(19)22/h1,5-14,22H,15H2,2-3H3. The molecule has 0 unspecified atom stereocenters. The van der Waals surface area contributed by atoms with Crippen molar-refractivity contribution in [2.24, 2.45) is 4.99 Å². The molecule has 33 heavy (non-hydrogen) atoms. The molecule has 164 valence electrons. The molecule has 4 aromatic rings. The van der Waals surface area contributed by atoms with Gasteiger partial charge in [-0.2, -0.15) is 4.99 Å². The molecule has 0 radical (unpaired) electrons. The molecule has 0 N–H and O–H groups in total. The number of terminal acetylenes is 1. The van der Waals surface area contributed by atoms with Gasteiger partial charge in [0.1, 0.15) is 33.2 Å². The zero-order chi connectivity index (χ0) is 22.9. The van der Waals surface area contributed by atoms with Crippen molar-refractivity contribution in [3.8, 4) is 35.3 Å². The van der Waals surface area contributed by atoms with Gasteiger partial charge in [0.05, 0.1) is 26.7 Å². The summed E-state index contributed by atoms with van der Waals surface area (Å²) >= 11 is 1.34. The first kappa shape index (κ1) is 20.9. The van der Waals surface area contributed by atoms with Crippen molar-refractivity contribution in [1.82, 2.24) is 4.57 Å². The number of fused-ring (bicyclic) bond motifs is 3. The van der Waals surface area contributed by atoms with Crippen LogP contribution in [0.15, 0.2) is 65.7 Å². The van der Waals surface area contributed by atoms with Gasteiger partial charge in [-0.05, 0) is 24.3 Å². The monoisotopic (exact) mass is 456 g/mol. The van der Waals surface area contributed by atoms with Gasteiger partial charge in [-0.25, -0.2) is 0 Å². The summed E-state index contributed by atoms with van der Waals surface area (Å²) in [5.41, 5.74) is 2.31. The van der Waals surface area contributed by atoms with E-state index in [0.717, 1.165) is 21.3 Å². The summed E-state index contributed by atoms with van der Waals surface area (Å²) < 4.78 is 19.7. The molecule has 1 aromatic heterocycles. The molecule has 0 bridgehead atoms. The summed E-state index contributed by atoms with van der Waals surface area (Å²) in [6.07, 6.45) is 5.66. The van der Waals surface area contributed by atoms with E-state index in [1.165, 1.54) is 11.3 Å². The second-order valence-electron chi connectivity index (χ2n) is 7.38. The SMILES string of the molecule is C#CCn1c(=NC(=O)C2c3ccccc3Oc3ccccc32)sc2c(OC)ccc(OC)c21. The molecule has 0 saturated carbocycles. The largest absolute Gasteiger partial charge is 0.495 e. The summed E-state index contributed by atoms with van der Waals surface area (Å²) in [5, 5.41) is 0. The van der Waals surface area contributed by atoms with Crippen LogP contribution in [0.25, 0.3) is 10.2 Å². The number of carbonyl (C=O) groups is 1. The van der Waals surface area contributed by atoms with E-state index in [1.54, 1.807) is 14.2 Å². The van der Waals surface area contributed by atoms with Gasteiger partial charge in [0.15, 0.2) is 4.80 Å². The molecule has 7 heteroatoms. The molecule has 0 spiro atoms. The highest BCUT2D eigenvalue weighted by atomic mass is 32.1. The minimum atomic E-state index is -0.584. The first-order valence-electron chi connectivity index (χ1n) is 10.3. The fraction of sp³-hybridized carbons (Fsp3) is 0.154. The molecular formula is C26H20N2O4S. The van der Waals surface area contributed by atoms with Crippen LogP contribution in [0.3, 0.4) is 0 Å². The highest BCUT2D eigenvalue weighted by Crippen LogP contribution is 2.44. The van der Waals surface area contributed by atoms with Crippen molar-refractivity contribution in [3.63, 3.8) is 0 Å². The first-order chi connectivity index (χ1) is 16.2. The van der Waals surface area contributed by atoms with Gasteiger partial charge in [0.2, 0.25) is 0 Å². The lowest BCUT2D eigenvalue weighted by molar-refractivity contribution is -0.118. The number of benzene rings is 3. The number of methoxy groups -OCH3 is 2. The van der Waals surface area contributed by atoms with Gasteiger partial charge in [0.25, 0.3) is 5.91 Å². The Labute approximate surface area is 194 Å². The van der Waals surface area contributed by atoms with Crippen LogP contribution in [0, 0.1) is 12.3 Å². The van der Waals surface area contributed by atoms with Crippen molar-refractivity contribution in [2.45, 2.75) is 12.5 Å². The Kier molecular flexibility index (Phi) is 5.37. The predicted molar refractivity (Wildman–Crippen MR) is 127 cm³/mol. The van der Waals surface area contributed by atoms with Crippen LogP contribution >= 0.6 is 11.3 Å². The summed E-state index contributed by atoms with van der Waals surface area (Å²) in [6.45, 7) is 0.233. The first-order valence-corrected chi connectivity index (χ1v) is 11.1. The lowest BCUT2D eigenvalue weighted by Gasteiger charge is -2.25. The normalized spacial score (nSPS) is 13.1. The highest BCUT2D eigenvalue weighted by molar-refractivity contribution is 7.16. The van der Waals surface area contributed by atoms with E-state index in [9.17, 15) is 4.79 Å². The lowest BCUT2D eigenvalue weighted by atomic mass is 9.87. The summed E-state index contributed by atoms with van der Waals surface area (Å²) in [5.74, 6) is 4.38. The average Bonchev–Trinajstić information content (AvgIpc) is 3.19. The molecule has 2 heterocycles. The second kappa shape index (κ2) is 8.49. The summed E-state index contributed by atoms with van der Waals surface area (Å²) in [7, 11) is 3.20. The fourth-order valence-corrected chi connectivity index (χ4v) is 5.26. The molecule has 0 aliphatic carbocycles. The number of rotatable bonds is 4. The Balaban J connectivity index is 1.73. The second-order valence-corrected chi connectivity index (χ2v) is 8.36. The van der Waals surface area contributed by atoms with Gasteiger partial charge in [-0.1, -0.05) is 53.7 Å². The Morgan fingerprint density at radius 3 is 2.24 bits per heavy atom. The Hall–Kier alpha value is -4.02. The average molecular weight is 457 g/mol. The molecule has 1 aliphatic rings. The Morgan fingerprint density at radius 1 is 1.03 bits per heavy atom. The van der Waals surface area contributed by atoms with Crippen molar-refractivity contribution < 1.29 is 19.0 Å². The number of carbonyl (C=O) groups excluding carboxylic acids is 1. The maximum atomic E-state index is 13.7. The van der Waals surface area contributed by atoms with Crippen LogP contribution in [0.5, 0.6) is 23.0 Å². The van der Waals surface area contributed by atoms with E-state index in [0.29, 0.717) is 27.8 Å². The van der Waals surface area contributed by atoms with E-state index in [2.05, 4.69) is 10.9 Å². The third-order valence-corrected chi connectivity index (χ3v) is 6.67. The fourth-order valence-electron chi connectivity index (χ4n) is 4.11. The zero-order valence-corrected chi connectivity index (χ0v) is 18.9. The number of para-hydroxylation sites is 2. The van der Waals surface area contributed by atoms with E-state index >= 15 is 0 Å². The van der Waals surface area contributed by atoms with E-state index in [4.69, 9.17) is 20.6 Å². The number of nitrogens with zero attached hydrogens (tertiary/aromatic N) is 2. The van der Waals surface area contributed by atoms with Crippen LogP contribution in [0.1, 0.15) is 17.0 Å². The summed E-state index contributed by atoms with van der Waals surface area (Å²) in [6, 6.07) is 18.7. The van der Waals surface area contributed by atoms with Crippen molar-refractivity contribution in [3.05, 3.63) is 76.6 Å².